The van der Waals surface area contributed by atoms with Crippen molar-refractivity contribution in [2.75, 3.05) is 13.1 Å². The van der Waals surface area contributed by atoms with Crippen molar-refractivity contribution < 1.29 is 0 Å². The summed E-state index contributed by atoms with van der Waals surface area (Å²) in [6.07, 6.45) is 2.34. The first-order chi connectivity index (χ1) is 12.4. The predicted octanol–water partition coefficient (Wildman–Crippen LogP) is 3.47. The first kappa shape index (κ1) is 19.1. The van der Waals surface area contributed by atoms with E-state index in [-0.39, 0.29) is 0 Å². The highest BCUT2D eigenvalue weighted by Gasteiger charge is 2.27. The first-order valence-electron chi connectivity index (χ1n) is 9.95. The van der Waals surface area contributed by atoms with Gasteiger partial charge in [-0.2, -0.15) is 5.10 Å². The maximum atomic E-state index is 4.55. The Morgan fingerprint density at radius 1 is 1.19 bits per heavy atom. The normalized spacial score (nSPS) is 20.4. The maximum absolute atomic E-state index is 4.55. The summed E-state index contributed by atoms with van der Waals surface area (Å²) in [5.41, 5.74) is 5.28. The molecule has 0 bridgehead atoms. The Morgan fingerprint density at radius 2 is 1.92 bits per heavy atom. The van der Waals surface area contributed by atoms with Crippen LogP contribution in [0.2, 0.25) is 0 Å². The molecular weight excluding hydrogens is 320 g/mol. The summed E-state index contributed by atoms with van der Waals surface area (Å²) in [6.45, 7) is 12.4. The number of nitrogens with one attached hydrogen (secondary N) is 1. The molecule has 0 aliphatic carbocycles. The molecule has 3 atom stereocenters. The maximum Gasteiger partial charge on any atom is 0.0628 e. The Hall–Kier alpha value is -1.65. The number of aryl methyl sites for hydroxylation is 2. The number of hydrogen-bond donors (Lipinski definition) is 1. The minimum absolute atomic E-state index is 0.467. The van der Waals surface area contributed by atoms with Gasteiger partial charge in [0.15, 0.2) is 0 Å². The van der Waals surface area contributed by atoms with Crippen LogP contribution in [0, 0.1) is 19.8 Å². The number of rotatable bonds is 7. The number of nitrogens with zero attached hydrogens (tertiary/aromatic N) is 3. The van der Waals surface area contributed by atoms with Crippen molar-refractivity contribution in [1.82, 2.24) is 20.0 Å². The van der Waals surface area contributed by atoms with Gasteiger partial charge in [0, 0.05) is 37.9 Å². The molecule has 1 aliphatic heterocycles. The van der Waals surface area contributed by atoms with E-state index in [1.54, 1.807) is 0 Å². The lowest BCUT2D eigenvalue weighted by Crippen LogP contribution is -2.41. The molecule has 2 aromatic rings. The fraction of sp³-hybridized carbons (Fsp3) is 0.591. The summed E-state index contributed by atoms with van der Waals surface area (Å²) in [5.74, 6) is 0.734. The molecule has 0 saturated carbocycles. The monoisotopic (exact) mass is 354 g/mol. The van der Waals surface area contributed by atoms with Gasteiger partial charge in [0.1, 0.15) is 0 Å². The third-order valence-electron chi connectivity index (χ3n) is 5.98. The predicted molar refractivity (Wildman–Crippen MR) is 108 cm³/mol. The topological polar surface area (TPSA) is 33.1 Å². The lowest BCUT2D eigenvalue weighted by Gasteiger charge is -2.25. The standard InChI is InChI=1S/C22H34N4/c1-16(13-22-18(3)24-25(5)19(22)4)23-17(2)21-11-12-26(15-21)14-20-9-7-6-8-10-20/h6-10,16-17,21,23H,11-15H2,1-5H3/t16-,17+,21+/m0/s1. The Balaban J connectivity index is 1.49. The van der Waals surface area contributed by atoms with E-state index in [1.165, 1.54) is 42.0 Å². The summed E-state index contributed by atoms with van der Waals surface area (Å²) in [7, 11) is 2.03. The minimum Gasteiger partial charge on any atom is -0.311 e. The van der Waals surface area contributed by atoms with Gasteiger partial charge in [-0.1, -0.05) is 30.3 Å². The third-order valence-corrected chi connectivity index (χ3v) is 5.98. The molecule has 142 valence electrons. The quantitative estimate of drug-likeness (QED) is 0.826. The molecule has 1 saturated heterocycles. The molecule has 1 aliphatic rings. The molecule has 0 amide bonds. The van der Waals surface area contributed by atoms with Gasteiger partial charge in [-0.25, -0.2) is 0 Å². The lowest BCUT2D eigenvalue weighted by molar-refractivity contribution is 0.289. The molecule has 26 heavy (non-hydrogen) atoms. The van der Waals surface area contributed by atoms with Gasteiger partial charge in [0.05, 0.1) is 5.69 Å². The molecule has 3 rings (SSSR count). The Bertz CT molecular complexity index is 706. The molecule has 0 radical (unpaired) electrons. The molecule has 0 spiro atoms. The number of likely N-dealkylation sites (tertiary alicyclic amines) is 1. The molecule has 0 unspecified atom stereocenters. The average Bonchev–Trinajstić information content (AvgIpc) is 3.16. The van der Waals surface area contributed by atoms with E-state index < -0.39 is 0 Å². The van der Waals surface area contributed by atoms with Crippen molar-refractivity contribution in [2.45, 2.75) is 59.2 Å². The van der Waals surface area contributed by atoms with Gasteiger partial charge in [-0.3, -0.25) is 9.58 Å². The van der Waals surface area contributed by atoms with E-state index in [4.69, 9.17) is 0 Å². The Kier molecular flexibility index (Phi) is 6.15. The second-order valence-electron chi connectivity index (χ2n) is 8.10. The van der Waals surface area contributed by atoms with Crippen LogP contribution in [0.3, 0.4) is 0 Å². The minimum atomic E-state index is 0.467. The highest BCUT2D eigenvalue weighted by Crippen LogP contribution is 2.22. The summed E-state index contributed by atoms with van der Waals surface area (Å²) >= 11 is 0. The van der Waals surface area contributed by atoms with Crippen LogP contribution >= 0.6 is 0 Å². The summed E-state index contributed by atoms with van der Waals surface area (Å²) in [6, 6.07) is 11.8. The molecule has 2 heterocycles. The van der Waals surface area contributed by atoms with E-state index in [9.17, 15) is 0 Å². The van der Waals surface area contributed by atoms with Crippen molar-refractivity contribution >= 4 is 0 Å². The zero-order valence-corrected chi connectivity index (χ0v) is 17.0. The summed E-state index contributed by atoms with van der Waals surface area (Å²) < 4.78 is 2.00. The lowest BCUT2D eigenvalue weighted by atomic mass is 9.98. The van der Waals surface area contributed by atoms with Gasteiger partial charge >= 0.3 is 0 Å². The second-order valence-corrected chi connectivity index (χ2v) is 8.10. The molecule has 1 aromatic carbocycles. The first-order valence-corrected chi connectivity index (χ1v) is 9.95. The van der Waals surface area contributed by atoms with E-state index in [1.807, 2.05) is 11.7 Å². The third kappa shape index (κ3) is 4.54. The summed E-state index contributed by atoms with van der Waals surface area (Å²) in [5, 5.41) is 8.41. The smallest absolute Gasteiger partial charge is 0.0628 e. The molecule has 4 nitrogen and oxygen atoms in total. The zero-order chi connectivity index (χ0) is 18.7. The van der Waals surface area contributed by atoms with Crippen LogP contribution in [0.25, 0.3) is 0 Å². The van der Waals surface area contributed by atoms with Crippen LogP contribution in [0.5, 0.6) is 0 Å². The van der Waals surface area contributed by atoms with E-state index in [0.29, 0.717) is 12.1 Å². The average molecular weight is 355 g/mol. The van der Waals surface area contributed by atoms with Crippen LogP contribution in [-0.2, 0) is 20.0 Å². The zero-order valence-electron chi connectivity index (χ0n) is 17.0. The number of aromatic nitrogens is 2. The number of benzene rings is 1. The van der Waals surface area contributed by atoms with E-state index in [2.05, 4.69) is 73.3 Å². The van der Waals surface area contributed by atoms with Gasteiger partial charge in [-0.15, -0.1) is 0 Å². The molecule has 1 N–H and O–H groups in total. The highest BCUT2D eigenvalue weighted by atomic mass is 15.3. The van der Waals surface area contributed by atoms with Crippen LogP contribution in [0.1, 0.15) is 42.8 Å². The van der Waals surface area contributed by atoms with Crippen LogP contribution in [0.4, 0.5) is 0 Å². The fourth-order valence-corrected chi connectivity index (χ4v) is 4.32. The molecule has 1 fully saturated rings. The van der Waals surface area contributed by atoms with Gasteiger partial charge in [0.25, 0.3) is 0 Å². The summed E-state index contributed by atoms with van der Waals surface area (Å²) in [4.78, 5) is 2.60. The van der Waals surface area contributed by atoms with Crippen molar-refractivity contribution in [1.29, 1.82) is 0 Å². The highest BCUT2D eigenvalue weighted by molar-refractivity contribution is 5.25. The van der Waals surface area contributed by atoms with Gasteiger partial charge in [-0.05, 0) is 64.1 Å². The van der Waals surface area contributed by atoms with Crippen molar-refractivity contribution in [2.24, 2.45) is 13.0 Å². The molecule has 4 heteroatoms. The van der Waals surface area contributed by atoms with Crippen molar-refractivity contribution in [3.8, 4) is 0 Å². The van der Waals surface area contributed by atoms with E-state index >= 15 is 0 Å². The SMILES string of the molecule is Cc1nn(C)c(C)c1C[C@H](C)N[C@H](C)[C@@H]1CCN(Cc2ccccc2)C1. The number of hydrogen-bond acceptors (Lipinski definition) is 3. The fourth-order valence-electron chi connectivity index (χ4n) is 4.32. The van der Waals surface area contributed by atoms with Gasteiger partial charge < -0.3 is 5.32 Å². The van der Waals surface area contributed by atoms with E-state index in [0.717, 1.165) is 18.9 Å². The van der Waals surface area contributed by atoms with Crippen LogP contribution < -0.4 is 5.32 Å². The largest absolute Gasteiger partial charge is 0.311 e. The van der Waals surface area contributed by atoms with Crippen molar-refractivity contribution in [3.63, 3.8) is 0 Å². The van der Waals surface area contributed by atoms with Crippen LogP contribution in [-0.4, -0.2) is 39.9 Å². The molecular formula is C22H34N4. The van der Waals surface area contributed by atoms with Crippen molar-refractivity contribution in [3.05, 3.63) is 52.8 Å². The Labute approximate surface area is 158 Å². The molecule has 1 aromatic heterocycles. The Morgan fingerprint density at radius 3 is 2.58 bits per heavy atom. The van der Waals surface area contributed by atoms with Crippen LogP contribution in [0.15, 0.2) is 30.3 Å². The second kappa shape index (κ2) is 8.36. The van der Waals surface area contributed by atoms with Gasteiger partial charge in [0.2, 0.25) is 0 Å².